The van der Waals surface area contributed by atoms with Gasteiger partial charge in [0.2, 0.25) is 0 Å². The van der Waals surface area contributed by atoms with E-state index in [9.17, 15) is 9.59 Å². The first-order valence-corrected chi connectivity index (χ1v) is 4.17. The van der Waals surface area contributed by atoms with Crippen LogP contribution in [0, 0.1) is 23.7 Å². The van der Waals surface area contributed by atoms with E-state index in [0.29, 0.717) is 12.0 Å². The van der Waals surface area contributed by atoms with Crippen LogP contribution in [0.25, 0.3) is 0 Å². The lowest BCUT2D eigenvalue weighted by Gasteiger charge is -2.09. The van der Waals surface area contributed by atoms with Crippen LogP contribution < -0.4 is 0 Å². The highest BCUT2D eigenvalue weighted by Crippen LogP contribution is 2.62. The summed E-state index contributed by atoms with van der Waals surface area (Å²) in [7, 11) is 0. The zero-order chi connectivity index (χ0) is 9.75. The van der Waals surface area contributed by atoms with E-state index in [-0.39, 0.29) is 11.8 Å². The molecule has 70 valence electrons. The quantitative estimate of drug-likeness (QED) is 0.613. The Bertz CT molecular complexity index is 307. The summed E-state index contributed by atoms with van der Waals surface area (Å²) in [5, 5.41) is 17.5. The average Bonchev–Trinajstić information content (AvgIpc) is 2.54. The van der Waals surface area contributed by atoms with Gasteiger partial charge in [-0.05, 0) is 18.3 Å². The van der Waals surface area contributed by atoms with Crippen molar-refractivity contribution in [1.29, 1.82) is 0 Å². The van der Waals surface area contributed by atoms with Crippen LogP contribution in [0.2, 0.25) is 0 Å². The highest BCUT2D eigenvalue weighted by Gasteiger charge is 2.65. The molecular weight excluding hydrogens is 172 g/mol. The molecule has 0 aliphatic heterocycles. The summed E-state index contributed by atoms with van der Waals surface area (Å²) in [6.07, 6.45) is 0.568. The highest BCUT2D eigenvalue weighted by molar-refractivity contribution is 5.82. The molecule has 2 fully saturated rings. The molecule has 0 aromatic rings. The number of fused-ring (bicyclic) bond motifs is 1. The molecule has 2 aliphatic carbocycles. The van der Waals surface area contributed by atoms with Crippen LogP contribution in [0.3, 0.4) is 0 Å². The summed E-state index contributed by atoms with van der Waals surface area (Å²) in [6, 6.07) is 0. The first-order chi connectivity index (χ1) is 6.04. The van der Waals surface area contributed by atoms with Crippen LogP contribution in [0.4, 0.5) is 0 Å². The third kappa shape index (κ3) is 0.978. The SMILES string of the molecule is C=C1CC2C(C(=O)O)C2C1C(=O)O. The lowest BCUT2D eigenvalue weighted by atomic mass is 9.96. The van der Waals surface area contributed by atoms with Crippen molar-refractivity contribution in [2.75, 3.05) is 0 Å². The maximum atomic E-state index is 10.8. The van der Waals surface area contributed by atoms with Gasteiger partial charge in [0, 0.05) is 0 Å². The van der Waals surface area contributed by atoms with Crippen molar-refractivity contribution >= 4 is 11.9 Å². The van der Waals surface area contributed by atoms with Crippen molar-refractivity contribution in [2.24, 2.45) is 23.7 Å². The minimum absolute atomic E-state index is 0.0334. The van der Waals surface area contributed by atoms with Crippen LogP contribution >= 0.6 is 0 Å². The van der Waals surface area contributed by atoms with Crippen molar-refractivity contribution in [3.05, 3.63) is 12.2 Å². The third-order valence-electron chi connectivity index (χ3n) is 3.10. The molecule has 4 unspecified atom stereocenters. The van der Waals surface area contributed by atoms with Gasteiger partial charge in [-0.15, -0.1) is 0 Å². The fraction of sp³-hybridized carbons (Fsp3) is 0.556. The van der Waals surface area contributed by atoms with Crippen molar-refractivity contribution in [3.8, 4) is 0 Å². The first kappa shape index (κ1) is 8.29. The molecule has 0 aromatic heterocycles. The van der Waals surface area contributed by atoms with Crippen LogP contribution in [0.5, 0.6) is 0 Å². The summed E-state index contributed by atoms with van der Waals surface area (Å²) < 4.78 is 0. The lowest BCUT2D eigenvalue weighted by Crippen LogP contribution is -2.18. The third-order valence-corrected chi connectivity index (χ3v) is 3.10. The van der Waals surface area contributed by atoms with Gasteiger partial charge >= 0.3 is 11.9 Å². The second-order valence-corrected chi connectivity index (χ2v) is 3.78. The average molecular weight is 182 g/mol. The summed E-state index contributed by atoms with van der Waals surface area (Å²) in [5.41, 5.74) is 0.681. The van der Waals surface area contributed by atoms with Gasteiger partial charge < -0.3 is 10.2 Å². The standard InChI is InChI=1S/C9H10O4/c1-3-2-4-6(5(3)8(10)11)7(4)9(12)13/h4-7H,1-2H2,(H,10,11)(H,12,13). The van der Waals surface area contributed by atoms with Crippen LogP contribution in [0.15, 0.2) is 12.2 Å². The number of rotatable bonds is 2. The molecule has 4 heteroatoms. The zero-order valence-electron chi connectivity index (χ0n) is 6.93. The van der Waals surface area contributed by atoms with Gasteiger partial charge in [0.1, 0.15) is 0 Å². The fourth-order valence-electron chi connectivity index (χ4n) is 2.51. The zero-order valence-corrected chi connectivity index (χ0v) is 6.93. The molecule has 2 N–H and O–H groups in total. The predicted molar refractivity (Wildman–Crippen MR) is 43.0 cm³/mol. The van der Waals surface area contributed by atoms with E-state index in [1.807, 2.05) is 0 Å². The van der Waals surface area contributed by atoms with Crippen LogP contribution in [0.1, 0.15) is 6.42 Å². The Morgan fingerprint density at radius 3 is 2.38 bits per heavy atom. The van der Waals surface area contributed by atoms with Gasteiger partial charge in [-0.2, -0.15) is 0 Å². The largest absolute Gasteiger partial charge is 0.481 e. The topological polar surface area (TPSA) is 74.6 Å². The summed E-state index contributed by atoms with van der Waals surface area (Å²) in [5.74, 6) is -3.01. The first-order valence-electron chi connectivity index (χ1n) is 4.17. The smallest absolute Gasteiger partial charge is 0.310 e. The van der Waals surface area contributed by atoms with E-state index in [4.69, 9.17) is 10.2 Å². The van der Waals surface area contributed by atoms with Crippen molar-refractivity contribution in [1.82, 2.24) is 0 Å². The second-order valence-electron chi connectivity index (χ2n) is 3.78. The normalized spacial score (nSPS) is 41.4. The Labute approximate surface area is 74.9 Å². The van der Waals surface area contributed by atoms with E-state index in [1.165, 1.54) is 0 Å². The van der Waals surface area contributed by atoms with Gasteiger partial charge in [-0.25, -0.2) is 0 Å². The van der Waals surface area contributed by atoms with Gasteiger partial charge in [0.05, 0.1) is 11.8 Å². The number of carboxylic acid groups (broad SMARTS) is 2. The summed E-state index contributed by atoms with van der Waals surface area (Å²) in [4.78, 5) is 21.4. The molecule has 4 atom stereocenters. The molecule has 4 nitrogen and oxygen atoms in total. The Hall–Kier alpha value is -1.32. The second kappa shape index (κ2) is 2.34. The molecule has 2 rings (SSSR count). The van der Waals surface area contributed by atoms with Gasteiger partial charge in [0.15, 0.2) is 0 Å². The molecule has 0 heterocycles. The van der Waals surface area contributed by atoms with Gasteiger partial charge in [-0.1, -0.05) is 12.2 Å². The minimum atomic E-state index is -0.929. The van der Waals surface area contributed by atoms with Crippen molar-refractivity contribution in [3.63, 3.8) is 0 Å². The maximum absolute atomic E-state index is 10.8. The fourth-order valence-corrected chi connectivity index (χ4v) is 2.51. The number of carbonyl (C=O) groups is 2. The molecule has 2 aliphatic rings. The lowest BCUT2D eigenvalue weighted by molar-refractivity contribution is -0.142. The van der Waals surface area contributed by atoms with Crippen molar-refractivity contribution < 1.29 is 19.8 Å². The van der Waals surface area contributed by atoms with E-state index < -0.39 is 23.8 Å². The predicted octanol–water partition coefficient (Wildman–Crippen LogP) is 0.594. The minimum Gasteiger partial charge on any atom is -0.481 e. The molecule has 0 aromatic carbocycles. The summed E-state index contributed by atoms with van der Waals surface area (Å²) >= 11 is 0. The summed E-state index contributed by atoms with van der Waals surface area (Å²) in [6.45, 7) is 3.66. The Morgan fingerprint density at radius 2 is 1.92 bits per heavy atom. The molecule has 0 bridgehead atoms. The highest BCUT2D eigenvalue weighted by atomic mass is 16.4. The Balaban J connectivity index is 2.17. The number of hydrogen-bond donors (Lipinski definition) is 2. The Kier molecular flexibility index (Phi) is 1.49. The number of hydrogen-bond acceptors (Lipinski definition) is 2. The monoisotopic (exact) mass is 182 g/mol. The molecule has 2 saturated carbocycles. The van der Waals surface area contributed by atoms with E-state index in [2.05, 4.69) is 6.58 Å². The molecule has 0 saturated heterocycles. The van der Waals surface area contributed by atoms with Gasteiger partial charge in [0.25, 0.3) is 0 Å². The number of carboxylic acids is 2. The molecule has 0 amide bonds. The van der Waals surface area contributed by atoms with Crippen molar-refractivity contribution in [2.45, 2.75) is 6.42 Å². The Morgan fingerprint density at radius 1 is 1.31 bits per heavy atom. The maximum Gasteiger partial charge on any atom is 0.310 e. The van der Waals surface area contributed by atoms with Crippen LogP contribution in [-0.2, 0) is 9.59 Å². The number of aliphatic carboxylic acids is 2. The molecule has 0 spiro atoms. The van der Waals surface area contributed by atoms with E-state index in [1.54, 1.807) is 0 Å². The van der Waals surface area contributed by atoms with Gasteiger partial charge in [-0.3, -0.25) is 9.59 Å². The van der Waals surface area contributed by atoms with E-state index in [0.717, 1.165) is 0 Å². The molecule has 0 radical (unpaired) electrons. The van der Waals surface area contributed by atoms with E-state index >= 15 is 0 Å². The molecule has 13 heavy (non-hydrogen) atoms. The molecular formula is C9H10O4. The van der Waals surface area contributed by atoms with Crippen LogP contribution in [-0.4, -0.2) is 22.2 Å².